The maximum Gasteiger partial charge on any atom is 0.335 e. The van der Waals surface area contributed by atoms with Gasteiger partial charge in [0, 0.05) is 5.02 Å². The van der Waals surface area contributed by atoms with E-state index in [1.165, 1.54) is 11.6 Å². The van der Waals surface area contributed by atoms with Crippen LogP contribution in [-0.2, 0) is 5.41 Å². The minimum Gasteiger partial charge on any atom is -0.478 e. The summed E-state index contributed by atoms with van der Waals surface area (Å²) in [6, 6.07) is 13.1. The van der Waals surface area contributed by atoms with Gasteiger partial charge < -0.3 is 5.11 Å². The quantitative estimate of drug-likeness (QED) is 0.821. The van der Waals surface area contributed by atoms with Gasteiger partial charge in [0.1, 0.15) is 0 Å². The van der Waals surface area contributed by atoms with Gasteiger partial charge in [-0.25, -0.2) is 4.79 Å². The summed E-state index contributed by atoms with van der Waals surface area (Å²) in [4.78, 5) is 11.1. The lowest BCUT2D eigenvalue weighted by atomic mass is 9.82. The standard InChI is InChI=1S/C18H19ClO2/c1-4-18(2,3)15-7-5-12(6-8-15)13-9-14(17(20)21)11-16(19)10-13/h5-11H,4H2,1-3H3,(H,20,21). The van der Waals surface area contributed by atoms with Crippen molar-refractivity contribution in [2.75, 3.05) is 0 Å². The number of carboxylic acids is 1. The lowest BCUT2D eigenvalue weighted by Gasteiger charge is -2.23. The van der Waals surface area contributed by atoms with Crippen molar-refractivity contribution in [2.24, 2.45) is 0 Å². The summed E-state index contributed by atoms with van der Waals surface area (Å²) in [6.07, 6.45) is 1.06. The summed E-state index contributed by atoms with van der Waals surface area (Å²) < 4.78 is 0. The van der Waals surface area contributed by atoms with Gasteiger partial charge in [-0.2, -0.15) is 0 Å². The number of hydrogen-bond donors (Lipinski definition) is 1. The topological polar surface area (TPSA) is 37.3 Å². The van der Waals surface area contributed by atoms with Crippen LogP contribution in [0.2, 0.25) is 5.02 Å². The molecule has 0 aliphatic rings. The second-order valence-electron chi connectivity index (χ2n) is 5.85. The van der Waals surface area contributed by atoms with E-state index in [1.807, 2.05) is 12.1 Å². The van der Waals surface area contributed by atoms with E-state index in [4.69, 9.17) is 16.7 Å². The summed E-state index contributed by atoms with van der Waals surface area (Å²) in [5, 5.41) is 9.54. The smallest absolute Gasteiger partial charge is 0.335 e. The Morgan fingerprint density at radius 1 is 1.10 bits per heavy atom. The molecule has 0 aliphatic carbocycles. The van der Waals surface area contributed by atoms with Crippen LogP contribution in [0.1, 0.15) is 43.1 Å². The Hall–Kier alpha value is -1.80. The van der Waals surface area contributed by atoms with Crippen molar-refractivity contribution in [1.82, 2.24) is 0 Å². The van der Waals surface area contributed by atoms with Crippen molar-refractivity contribution < 1.29 is 9.90 Å². The molecule has 0 aromatic heterocycles. The Kier molecular flexibility index (Phi) is 4.38. The summed E-state index contributed by atoms with van der Waals surface area (Å²) in [5.74, 6) is -0.970. The van der Waals surface area contributed by atoms with E-state index in [-0.39, 0.29) is 11.0 Å². The third-order valence-electron chi connectivity index (χ3n) is 4.03. The zero-order valence-electron chi connectivity index (χ0n) is 12.5. The molecule has 0 heterocycles. The molecule has 1 N–H and O–H groups in total. The molecule has 0 aliphatic heterocycles. The van der Waals surface area contributed by atoms with Crippen LogP contribution in [0.3, 0.4) is 0 Å². The highest BCUT2D eigenvalue weighted by atomic mass is 35.5. The molecule has 0 saturated carbocycles. The van der Waals surface area contributed by atoms with Gasteiger partial charge in [-0.1, -0.05) is 56.6 Å². The molecule has 0 fully saturated rings. The maximum atomic E-state index is 11.1. The third kappa shape index (κ3) is 3.45. The molecule has 0 spiro atoms. The molecule has 0 amide bonds. The average molecular weight is 303 g/mol. The second kappa shape index (κ2) is 5.90. The van der Waals surface area contributed by atoms with Crippen molar-refractivity contribution >= 4 is 17.6 Å². The molecule has 110 valence electrons. The fraction of sp³-hybridized carbons (Fsp3) is 0.278. The number of carbonyl (C=O) groups is 1. The van der Waals surface area contributed by atoms with E-state index in [1.54, 1.807) is 12.1 Å². The zero-order valence-corrected chi connectivity index (χ0v) is 13.2. The lowest BCUT2D eigenvalue weighted by Crippen LogP contribution is -2.14. The van der Waals surface area contributed by atoms with Gasteiger partial charge in [-0.05, 0) is 46.7 Å². The first-order chi connectivity index (χ1) is 9.83. The van der Waals surface area contributed by atoms with Crippen LogP contribution < -0.4 is 0 Å². The number of aromatic carboxylic acids is 1. The molecule has 2 aromatic carbocycles. The number of rotatable bonds is 4. The fourth-order valence-electron chi connectivity index (χ4n) is 2.20. The molecule has 3 heteroatoms. The SMILES string of the molecule is CCC(C)(C)c1ccc(-c2cc(Cl)cc(C(=O)O)c2)cc1. The minimum absolute atomic E-state index is 0.138. The van der Waals surface area contributed by atoms with Gasteiger partial charge in [-0.15, -0.1) is 0 Å². The van der Waals surface area contributed by atoms with Crippen LogP contribution in [0.25, 0.3) is 11.1 Å². The molecule has 2 rings (SSSR count). The van der Waals surface area contributed by atoms with Crippen molar-refractivity contribution in [3.8, 4) is 11.1 Å². The van der Waals surface area contributed by atoms with Crippen LogP contribution in [0, 0.1) is 0 Å². The van der Waals surface area contributed by atoms with Crippen LogP contribution >= 0.6 is 11.6 Å². The average Bonchev–Trinajstić information content (AvgIpc) is 2.46. The largest absolute Gasteiger partial charge is 0.478 e. The summed E-state index contributed by atoms with van der Waals surface area (Å²) in [5.41, 5.74) is 3.40. The predicted molar refractivity (Wildman–Crippen MR) is 87.2 cm³/mol. The summed E-state index contributed by atoms with van der Waals surface area (Å²) in [6.45, 7) is 6.60. The molecule has 0 atom stereocenters. The Bertz CT molecular complexity index is 657. The van der Waals surface area contributed by atoms with E-state index in [0.29, 0.717) is 5.02 Å². The normalized spacial score (nSPS) is 11.4. The third-order valence-corrected chi connectivity index (χ3v) is 4.25. The Labute approximate surface area is 130 Å². The van der Waals surface area contributed by atoms with Gasteiger partial charge in [-0.3, -0.25) is 0 Å². The maximum absolute atomic E-state index is 11.1. The van der Waals surface area contributed by atoms with E-state index in [0.717, 1.165) is 17.5 Å². The molecule has 0 unspecified atom stereocenters. The first kappa shape index (κ1) is 15.6. The van der Waals surface area contributed by atoms with Crippen LogP contribution in [0.4, 0.5) is 0 Å². The first-order valence-electron chi connectivity index (χ1n) is 6.98. The summed E-state index contributed by atoms with van der Waals surface area (Å²) >= 11 is 6.01. The minimum atomic E-state index is -0.970. The molecular formula is C18H19ClO2. The van der Waals surface area contributed by atoms with Crippen molar-refractivity contribution in [3.63, 3.8) is 0 Å². The molecule has 21 heavy (non-hydrogen) atoms. The van der Waals surface area contributed by atoms with E-state index in [9.17, 15) is 4.79 Å². The van der Waals surface area contributed by atoms with Crippen LogP contribution in [-0.4, -0.2) is 11.1 Å². The van der Waals surface area contributed by atoms with E-state index >= 15 is 0 Å². The molecule has 2 nitrogen and oxygen atoms in total. The summed E-state index contributed by atoms with van der Waals surface area (Å²) in [7, 11) is 0. The van der Waals surface area contributed by atoms with Crippen LogP contribution in [0.5, 0.6) is 0 Å². The molecule has 0 bridgehead atoms. The molecule has 2 aromatic rings. The number of benzene rings is 2. The molecule has 0 saturated heterocycles. The fourth-order valence-corrected chi connectivity index (χ4v) is 2.43. The van der Waals surface area contributed by atoms with Gasteiger partial charge in [0.2, 0.25) is 0 Å². The van der Waals surface area contributed by atoms with Gasteiger partial charge in [0.25, 0.3) is 0 Å². The van der Waals surface area contributed by atoms with Gasteiger partial charge in [0.15, 0.2) is 0 Å². The Balaban J connectivity index is 2.42. The second-order valence-corrected chi connectivity index (χ2v) is 6.28. The highest BCUT2D eigenvalue weighted by molar-refractivity contribution is 6.31. The predicted octanol–water partition coefficient (Wildman–Crippen LogP) is 5.39. The van der Waals surface area contributed by atoms with Gasteiger partial charge >= 0.3 is 5.97 Å². The highest BCUT2D eigenvalue weighted by Gasteiger charge is 2.17. The monoisotopic (exact) mass is 302 g/mol. The van der Waals surface area contributed by atoms with E-state index < -0.39 is 5.97 Å². The highest BCUT2D eigenvalue weighted by Crippen LogP contribution is 2.30. The number of hydrogen-bond acceptors (Lipinski definition) is 1. The van der Waals surface area contributed by atoms with Crippen LogP contribution in [0.15, 0.2) is 42.5 Å². The zero-order chi connectivity index (χ0) is 15.6. The van der Waals surface area contributed by atoms with Crippen molar-refractivity contribution in [3.05, 3.63) is 58.6 Å². The number of halogens is 1. The first-order valence-corrected chi connectivity index (χ1v) is 7.36. The number of carboxylic acid groups (broad SMARTS) is 1. The molecular weight excluding hydrogens is 284 g/mol. The van der Waals surface area contributed by atoms with Gasteiger partial charge in [0.05, 0.1) is 5.56 Å². The van der Waals surface area contributed by atoms with E-state index in [2.05, 4.69) is 32.9 Å². The van der Waals surface area contributed by atoms with Crippen molar-refractivity contribution in [1.29, 1.82) is 0 Å². The lowest BCUT2D eigenvalue weighted by molar-refractivity contribution is 0.0697. The Morgan fingerprint density at radius 3 is 2.24 bits per heavy atom. The van der Waals surface area contributed by atoms with Crippen molar-refractivity contribution in [2.45, 2.75) is 32.6 Å². The molecule has 0 radical (unpaired) electrons. The Morgan fingerprint density at radius 2 is 1.71 bits per heavy atom.